The summed E-state index contributed by atoms with van der Waals surface area (Å²) in [5.74, 6) is -0.995. The van der Waals surface area contributed by atoms with Gasteiger partial charge in [-0.3, -0.25) is 0 Å². The summed E-state index contributed by atoms with van der Waals surface area (Å²) in [6.45, 7) is 7.67. The maximum absolute atomic E-state index is 13.9. The van der Waals surface area contributed by atoms with Gasteiger partial charge in [0.25, 0.3) is 0 Å². The Morgan fingerprint density at radius 3 is 2.23 bits per heavy atom. The molecule has 0 aliphatic heterocycles. The van der Waals surface area contributed by atoms with Crippen LogP contribution in [0.25, 0.3) is 0 Å². The zero-order valence-electron chi connectivity index (χ0n) is 16.3. The largest absolute Gasteiger partial charge is 0.496 e. The second kappa shape index (κ2) is 8.75. The number of aryl methyl sites for hydroxylation is 1. The number of methoxy groups -OCH3 is 1. The van der Waals surface area contributed by atoms with Crippen molar-refractivity contribution in [3.05, 3.63) is 23.3 Å². The first kappa shape index (κ1) is 22.3. The Bertz CT molecular complexity index is 628. The number of rotatable bonds is 8. The number of nitrogens with zero attached hydrogens (tertiary/aromatic N) is 2. The first-order valence-electron chi connectivity index (χ1n) is 8.79. The molecule has 0 heterocycles. The Labute approximate surface area is 153 Å². The van der Waals surface area contributed by atoms with Crippen LogP contribution in [0.3, 0.4) is 0 Å². The maximum Gasteiger partial charge on any atom is 0.421 e. The Hall–Kier alpha value is -1.76. The van der Waals surface area contributed by atoms with E-state index in [0.717, 1.165) is 6.54 Å². The molecule has 0 fully saturated rings. The van der Waals surface area contributed by atoms with Crippen molar-refractivity contribution in [3.63, 3.8) is 0 Å². The fourth-order valence-electron chi connectivity index (χ4n) is 3.01. The van der Waals surface area contributed by atoms with E-state index in [9.17, 15) is 18.3 Å². The quantitative estimate of drug-likeness (QED) is 0.525. The molecule has 148 valence electrons. The number of hydrogen-bond acceptors (Lipinski definition) is 3. The van der Waals surface area contributed by atoms with E-state index >= 15 is 0 Å². The minimum absolute atomic E-state index is 0.0198. The molecule has 0 aliphatic carbocycles. The van der Waals surface area contributed by atoms with Crippen LogP contribution in [0.1, 0.15) is 44.7 Å². The Kier molecular flexibility index (Phi) is 7.50. The number of benzene rings is 1. The molecule has 0 saturated heterocycles. The number of aliphatic hydroxyl groups is 1. The summed E-state index contributed by atoms with van der Waals surface area (Å²) in [4.78, 5) is 6.16. The highest BCUT2D eigenvalue weighted by atomic mass is 19.4. The van der Waals surface area contributed by atoms with Gasteiger partial charge in [-0.25, -0.2) is 4.99 Å². The fourth-order valence-corrected chi connectivity index (χ4v) is 3.01. The van der Waals surface area contributed by atoms with E-state index in [4.69, 9.17) is 4.74 Å². The topological polar surface area (TPSA) is 45.1 Å². The van der Waals surface area contributed by atoms with Crippen molar-refractivity contribution in [2.24, 2.45) is 10.9 Å². The van der Waals surface area contributed by atoms with Crippen LogP contribution in [0.2, 0.25) is 0 Å². The van der Waals surface area contributed by atoms with Gasteiger partial charge in [0.05, 0.1) is 19.1 Å². The van der Waals surface area contributed by atoms with E-state index in [0.29, 0.717) is 11.3 Å². The van der Waals surface area contributed by atoms with Crippen molar-refractivity contribution in [1.29, 1.82) is 0 Å². The van der Waals surface area contributed by atoms with Gasteiger partial charge in [0.15, 0.2) is 5.60 Å². The Balaban J connectivity index is 3.59. The SMILES string of the molecule is CCC(CC)C(O)(c1cc(C)c(/N=C/N(C)CC)cc1OC)C(F)(F)F. The van der Waals surface area contributed by atoms with Crippen molar-refractivity contribution >= 4 is 12.0 Å². The second-order valence-corrected chi connectivity index (χ2v) is 6.43. The normalized spacial score (nSPS) is 14.7. The van der Waals surface area contributed by atoms with Crippen LogP contribution in [-0.2, 0) is 5.60 Å². The van der Waals surface area contributed by atoms with E-state index in [1.807, 2.05) is 18.9 Å². The minimum Gasteiger partial charge on any atom is -0.496 e. The van der Waals surface area contributed by atoms with Gasteiger partial charge in [-0.1, -0.05) is 13.8 Å². The van der Waals surface area contributed by atoms with Crippen LogP contribution in [0, 0.1) is 12.8 Å². The summed E-state index contributed by atoms with van der Waals surface area (Å²) in [6.07, 6.45) is -2.83. The Morgan fingerprint density at radius 2 is 1.81 bits per heavy atom. The van der Waals surface area contributed by atoms with Crippen LogP contribution in [0.4, 0.5) is 18.9 Å². The smallest absolute Gasteiger partial charge is 0.421 e. The third kappa shape index (κ3) is 4.31. The van der Waals surface area contributed by atoms with Crippen molar-refractivity contribution in [2.75, 3.05) is 20.7 Å². The monoisotopic (exact) mass is 374 g/mol. The lowest BCUT2D eigenvalue weighted by Crippen LogP contribution is -2.48. The molecule has 1 aromatic rings. The van der Waals surface area contributed by atoms with Gasteiger partial charge in [0, 0.05) is 31.1 Å². The summed E-state index contributed by atoms with van der Waals surface area (Å²) >= 11 is 0. The number of halogens is 3. The molecule has 1 rings (SSSR count). The molecule has 1 N–H and O–H groups in total. The zero-order valence-corrected chi connectivity index (χ0v) is 16.3. The van der Waals surface area contributed by atoms with Gasteiger partial charge >= 0.3 is 6.18 Å². The lowest BCUT2D eigenvalue weighted by molar-refractivity contribution is -0.288. The highest BCUT2D eigenvalue weighted by Gasteiger charge is 2.59. The van der Waals surface area contributed by atoms with E-state index in [2.05, 4.69) is 4.99 Å². The molecule has 0 radical (unpaired) electrons. The molecule has 26 heavy (non-hydrogen) atoms. The molecule has 0 aliphatic rings. The molecule has 0 saturated carbocycles. The fraction of sp³-hybridized carbons (Fsp3) is 0.632. The molecule has 1 atom stereocenters. The summed E-state index contributed by atoms with van der Waals surface area (Å²) in [5.41, 5.74) is -2.20. The first-order chi connectivity index (χ1) is 12.1. The standard InChI is InChI=1S/C19H29F3N2O2/c1-7-14(8-2)18(25,19(20,21)22)15-10-13(4)16(11-17(15)26-6)23-12-24(5)9-3/h10-12,14,25H,7-9H2,1-6H3/b23-12+. The molecule has 1 unspecified atom stereocenters. The second-order valence-electron chi connectivity index (χ2n) is 6.43. The number of hydrogen-bond donors (Lipinski definition) is 1. The molecule has 0 aromatic heterocycles. The van der Waals surface area contributed by atoms with Crippen LogP contribution >= 0.6 is 0 Å². The average molecular weight is 374 g/mol. The average Bonchev–Trinajstić information content (AvgIpc) is 2.59. The third-order valence-electron chi connectivity index (χ3n) is 4.83. The van der Waals surface area contributed by atoms with Crippen molar-refractivity contribution in [3.8, 4) is 5.75 Å². The van der Waals surface area contributed by atoms with Crippen LogP contribution < -0.4 is 4.74 Å². The van der Waals surface area contributed by atoms with Gasteiger partial charge in [0.2, 0.25) is 0 Å². The van der Waals surface area contributed by atoms with Gasteiger partial charge < -0.3 is 14.7 Å². The lowest BCUT2D eigenvalue weighted by atomic mass is 9.76. The van der Waals surface area contributed by atoms with Crippen molar-refractivity contribution in [1.82, 2.24) is 4.90 Å². The molecule has 1 aromatic carbocycles. The van der Waals surface area contributed by atoms with Crippen LogP contribution in [0.15, 0.2) is 17.1 Å². The summed E-state index contributed by atoms with van der Waals surface area (Å²) < 4.78 is 47.0. The molecule has 0 bridgehead atoms. The summed E-state index contributed by atoms with van der Waals surface area (Å²) in [6, 6.07) is 2.78. The van der Waals surface area contributed by atoms with E-state index in [-0.39, 0.29) is 24.2 Å². The predicted octanol–water partition coefficient (Wildman–Crippen LogP) is 4.80. The van der Waals surface area contributed by atoms with E-state index < -0.39 is 17.7 Å². The number of aliphatic imine (C=N–C) groups is 1. The molecule has 7 heteroatoms. The van der Waals surface area contributed by atoms with Crippen LogP contribution in [0.5, 0.6) is 5.75 Å². The van der Waals surface area contributed by atoms with E-state index in [1.165, 1.54) is 19.2 Å². The van der Waals surface area contributed by atoms with E-state index in [1.54, 1.807) is 27.1 Å². The van der Waals surface area contributed by atoms with Crippen molar-refractivity contribution in [2.45, 2.75) is 52.3 Å². The Morgan fingerprint density at radius 1 is 1.23 bits per heavy atom. The minimum atomic E-state index is -4.82. The van der Waals surface area contributed by atoms with Gasteiger partial charge in [-0.2, -0.15) is 13.2 Å². The maximum atomic E-state index is 13.9. The first-order valence-corrected chi connectivity index (χ1v) is 8.79. The molecular weight excluding hydrogens is 345 g/mol. The molecule has 0 amide bonds. The van der Waals surface area contributed by atoms with Crippen LogP contribution in [-0.4, -0.2) is 43.2 Å². The lowest BCUT2D eigenvalue weighted by Gasteiger charge is -2.38. The highest BCUT2D eigenvalue weighted by Crippen LogP contribution is 2.50. The number of ether oxygens (including phenoxy) is 1. The molecule has 4 nitrogen and oxygen atoms in total. The predicted molar refractivity (Wildman–Crippen MR) is 98.2 cm³/mol. The summed E-state index contributed by atoms with van der Waals surface area (Å²) in [7, 11) is 3.14. The van der Waals surface area contributed by atoms with Gasteiger partial charge in [-0.15, -0.1) is 0 Å². The third-order valence-corrected chi connectivity index (χ3v) is 4.83. The summed E-state index contributed by atoms with van der Waals surface area (Å²) in [5, 5.41) is 10.8. The molecule has 0 spiro atoms. The molecular formula is C19H29F3N2O2. The number of alkyl halides is 3. The van der Waals surface area contributed by atoms with Gasteiger partial charge in [-0.05, 0) is 38.3 Å². The zero-order chi connectivity index (χ0) is 20.1. The van der Waals surface area contributed by atoms with Gasteiger partial charge in [0.1, 0.15) is 5.75 Å². The highest BCUT2D eigenvalue weighted by molar-refractivity contribution is 5.65. The van der Waals surface area contributed by atoms with Crippen molar-refractivity contribution < 1.29 is 23.0 Å².